The monoisotopic (exact) mass is 576 g/mol. The minimum atomic E-state index is -2.69. The van der Waals surface area contributed by atoms with E-state index >= 15 is 0 Å². The van der Waals surface area contributed by atoms with Crippen molar-refractivity contribution in [2.75, 3.05) is 20.3 Å². The standard InChI is InChI=1S/C34H44O6Si/c1-33(2,3)41(30-18-10-6-11-19-30,31-20-12-7-13-21-31)39-26-29-17-14-23-34(37-4,40-29)24-22-28(35)25-38-32(36)27-15-8-5-9-16-27/h5-13,15-16,18-21,28-29,35H,14,17,22-26H2,1-4H3/t28-,29-,34+/m0/s1. The highest BCUT2D eigenvalue weighted by Gasteiger charge is 2.51. The smallest absolute Gasteiger partial charge is 0.338 e. The van der Waals surface area contributed by atoms with Crippen LogP contribution in [0.4, 0.5) is 0 Å². The van der Waals surface area contributed by atoms with E-state index in [4.69, 9.17) is 18.6 Å². The van der Waals surface area contributed by atoms with Crippen LogP contribution in [0.3, 0.4) is 0 Å². The molecule has 6 nitrogen and oxygen atoms in total. The molecule has 0 aromatic heterocycles. The molecule has 41 heavy (non-hydrogen) atoms. The third kappa shape index (κ3) is 7.53. The van der Waals surface area contributed by atoms with Gasteiger partial charge in [0.25, 0.3) is 8.32 Å². The number of carbonyl (C=O) groups is 1. The third-order valence-corrected chi connectivity index (χ3v) is 13.0. The minimum absolute atomic E-state index is 0.0755. The Labute approximate surface area is 245 Å². The molecule has 7 heteroatoms. The van der Waals surface area contributed by atoms with Crippen LogP contribution in [0.15, 0.2) is 91.0 Å². The largest absolute Gasteiger partial charge is 0.459 e. The van der Waals surface area contributed by atoms with E-state index in [0.717, 1.165) is 19.3 Å². The van der Waals surface area contributed by atoms with Gasteiger partial charge < -0.3 is 23.7 Å². The second-order valence-electron chi connectivity index (χ2n) is 11.9. The summed E-state index contributed by atoms with van der Waals surface area (Å²) in [4.78, 5) is 12.3. The van der Waals surface area contributed by atoms with Crippen molar-refractivity contribution in [3.05, 3.63) is 96.6 Å². The van der Waals surface area contributed by atoms with Gasteiger partial charge in [0.2, 0.25) is 0 Å². The summed E-state index contributed by atoms with van der Waals surface area (Å²) in [5.41, 5.74) is 0.465. The quantitative estimate of drug-likeness (QED) is 0.228. The van der Waals surface area contributed by atoms with Gasteiger partial charge in [-0.25, -0.2) is 4.79 Å². The summed E-state index contributed by atoms with van der Waals surface area (Å²) in [5, 5.41) is 12.9. The molecule has 220 valence electrons. The lowest BCUT2D eigenvalue weighted by molar-refractivity contribution is -0.277. The fraction of sp³-hybridized carbons (Fsp3) is 0.441. The molecule has 0 amide bonds. The maximum atomic E-state index is 12.3. The molecule has 0 aliphatic carbocycles. The van der Waals surface area contributed by atoms with E-state index in [1.165, 1.54) is 10.4 Å². The van der Waals surface area contributed by atoms with Crippen molar-refractivity contribution in [3.8, 4) is 0 Å². The number of rotatable bonds is 12. The average molecular weight is 577 g/mol. The molecule has 0 saturated carbocycles. The predicted octanol–water partition coefficient (Wildman–Crippen LogP) is 5.47. The summed E-state index contributed by atoms with van der Waals surface area (Å²) in [5.74, 6) is -1.26. The molecule has 3 atom stereocenters. The number of hydrogen-bond acceptors (Lipinski definition) is 6. The van der Waals surface area contributed by atoms with Crippen LogP contribution in [0.2, 0.25) is 5.04 Å². The van der Waals surface area contributed by atoms with Gasteiger partial charge in [0.15, 0.2) is 5.79 Å². The van der Waals surface area contributed by atoms with E-state index in [1.807, 2.05) is 18.2 Å². The molecule has 1 fully saturated rings. The SMILES string of the molecule is CO[C@]1(CC[C@H](O)COC(=O)c2ccccc2)CCC[C@@H](CO[Si](c2ccccc2)(c2ccccc2)C(C)(C)C)O1. The number of aliphatic hydroxyl groups is 1. The predicted molar refractivity (Wildman–Crippen MR) is 164 cm³/mol. The van der Waals surface area contributed by atoms with Crippen LogP contribution >= 0.6 is 0 Å². The first kappa shape index (κ1) is 31.1. The zero-order chi connectivity index (χ0) is 29.3. The second kappa shape index (κ2) is 13.9. The molecule has 1 heterocycles. The van der Waals surface area contributed by atoms with Gasteiger partial charge in [0, 0.05) is 20.0 Å². The maximum absolute atomic E-state index is 12.3. The van der Waals surface area contributed by atoms with Gasteiger partial charge in [0.05, 0.1) is 24.4 Å². The molecular formula is C34H44O6Si. The first-order valence-electron chi connectivity index (χ1n) is 14.6. The van der Waals surface area contributed by atoms with Crippen molar-refractivity contribution in [2.45, 2.75) is 75.9 Å². The minimum Gasteiger partial charge on any atom is -0.459 e. The number of hydrogen-bond donors (Lipinski definition) is 1. The zero-order valence-electron chi connectivity index (χ0n) is 24.8. The van der Waals surface area contributed by atoms with Gasteiger partial charge in [-0.3, -0.25) is 0 Å². The summed E-state index contributed by atoms with van der Waals surface area (Å²) in [6.45, 7) is 7.19. The Hall–Kier alpha value is -2.81. The van der Waals surface area contributed by atoms with E-state index in [2.05, 4.69) is 69.3 Å². The summed E-state index contributed by atoms with van der Waals surface area (Å²) in [7, 11) is -1.03. The van der Waals surface area contributed by atoms with Gasteiger partial charge in [-0.05, 0) is 46.8 Å². The number of methoxy groups -OCH3 is 1. The van der Waals surface area contributed by atoms with Gasteiger partial charge in [-0.1, -0.05) is 99.6 Å². The van der Waals surface area contributed by atoms with Gasteiger partial charge in [0.1, 0.15) is 6.61 Å². The molecule has 3 aromatic rings. The molecule has 0 bridgehead atoms. The summed E-state index contributed by atoms with van der Waals surface area (Å²) < 4.78 is 25.0. The molecule has 1 aliphatic rings. The number of carbonyl (C=O) groups excluding carboxylic acids is 1. The van der Waals surface area contributed by atoms with Crippen LogP contribution in [0.25, 0.3) is 0 Å². The highest BCUT2D eigenvalue weighted by Crippen LogP contribution is 2.39. The molecule has 1 N–H and O–H groups in total. The molecule has 0 spiro atoms. The van der Waals surface area contributed by atoms with E-state index < -0.39 is 26.2 Å². The number of ether oxygens (including phenoxy) is 3. The summed E-state index contributed by atoms with van der Waals surface area (Å²) in [6, 6.07) is 30.0. The number of esters is 1. The fourth-order valence-electron chi connectivity index (χ4n) is 5.85. The molecular weight excluding hydrogens is 532 g/mol. The third-order valence-electron chi connectivity index (χ3n) is 8.01. The Bertz CT molecular complexity index is 1170. The molecule has 0 unspecified atom stereocenters. The first-order valence-corrected chi connectivity index (χ1v) is 16.5. The zero-order valence-corrected chi connectivity index (χ0v) is 25.8. The highest BCUT2D eigenvalue weighted by atomic mass is 28.4. The van der Waals surface area contributed by atoms with Crippen molar-refractivity contribution in [2.24, 2.45) is 0 Å². The molecule has 1 saturated heterocycles. The van der Waals surface area contributed by atoms with Gasteiger partial charge in [-0.15, -0.1) is 0 Å². The molecule has 1 aliphatic heterocycles. The van der Waals surface area contributed by atoms with E-state index in [-0.39, 0.29) is 17.7 Å². The van der Waals surface area contributed by atoms with Crippen LogP contribution in [0.5, 0.6) is 0 Å². The topological polar surface area (TPSA) is 74.2 Å². The lowest BCUT2D eigenvalue weighted by atomic mass is 9.96. The van der Waals surface area contributed by atoms with Crippen molar-refractivity contribution in [1.82, 2.24) is 0 Å². The normalized spacial score (nSPS) is 20.4. The van der Waals surface area contributed by atoms with Gasteiger partial charge in [-0.2, -0.15) is 0 Å². The van der Waals surface area contributed by atoms with Gasteiger partial charge >= 0.3 is 5.97 Å². The van der Waals surface area contributed by atoms with Crippen LogP contribution < -0.4 is 10.4 Å². The van der Waals surface area contributed by atoms with E-state index in [0.29, 0.717) is 25.0 Å². The molecule has 0 radical (unpaired) electrons. The van der Waals surface area contributed by atoms with E-state index in [9.17, 15) is 9.90 Å². The second-order valence-corrected chi connectivity index (χ2v) is 16.2. The van der Waals surface area contributed by atoms with Crippen molar-refractivity contribution in [3.63, 3.8) is 0 Å². The van der Waals surface area contributed by atoms with Crippen molar-refractivity contribution >= 4 is 24.7 Å². The molecule has 4 rings (SSSR count). The van der Waals surface area contributed by atoms with Crippen molar-refractivity contribution < 1.29 is 28.5 Å². The maximum Gasteiger partial charge on any atom is 0.338 e. The lowest BCUT2D eigenvalue weighted by Crippen LogP contribution is -2.67. The Balaban J connectivity index is 1.42. The first-order chi connectivity index (χ1) is 19.7. The van der Waals surface area contributed by atoms with Crippen LogP contribution in [-0.4, -0.2) is 57.7 Å². The highest BCUT2D eigenvalue weighted by molar-refractivity contribution is 6.99. The fourth-order valence-corrected chi connectivity index (χ4v) is 10.4. The Kier molecular flexibility index (Phi) is 10.6. The average Bonchev–Trinajstić information content (AvgIpc) is 3.00. The van der Waals surface area contributed by atoms with Crippen LogP contribution in [-0.2, 0) is 18.6 Å². The van der Waals surface area contributed by atoms with Crippen LogP contribution in [0.1, 0.15) is 63.2 Å². The Morgan fingerprint density at radius 2 is 1.54 bits per heavy atom. The Morgan fingerprint density at radius 3 is 2.07 bits per heavy atom. The number of benzene rings is 3. The Morgan fingerprint density at radius 1 is 0.976 bits per heavy atom. The van der Waals surface area contributed by atoms with E-state index in [1.54, 1.807) is 31.4 Å². The van der Waals surface area contributed by atoms with Crippen LogP contribution in [0, 0.1) is 0 Å². The summed E-state index contributed by atoms with van der Waals surface area (Å²) in [6.07, 6.45) is 2.46. The molecule has 3 aromatic carbocycles. The summed E-state index contributed by atoms with van der Waals surface area (Å²) >= 11 is 0. The van der Waals surface area contributed by atoms with Crippen molar-refractivity contribution in [1.29, 1.82) is 0 Å². The number of aliphatic hydroxyl groups excluding tert-OH is 1. The lowest BCUT2D eigenvalue weighted by Gasteiger charge is -2.45.